The summed E-state index contributed by atoms with van der Waals surface area (Å²) >= 11 is 0. The minimum Gasteiger partial charge on any atom is -0.481 e. The second-order valence-electron chi connectivity index (χ2n) is 12.6. The third kappa shape index (κ3) is 9.95. The molecular weight excluding hydrogens is 596 g/mol. The zero-order valence-corrected chi connectivity index (χ0v) is 27.3. The third-order valence-electron chi connectivity index (χ3n) is 9.19. The number of nitrogens with zero attached hydrogens (tertiary/aromatic N) is 1. The second kappa shape index (κ2) is 17.5. The maximum absolute atomic E-state index is 12.5. The van der Waals surface area contributed by atoms with Crippen molar-refractivity contribution in [3.05, 3.63) is 95.1 Å². The Kier molecular flexibility index (Phi) is 12.9. The number of carboxylic acid groups (broad SMARTS) is 1. The van der Waals surface area contributed by atoms with Gasteiger partial charge in [-0.2, -0.15) is 0 Å². The van der Waals surface area contributed by atoms with Gasteiger partial charge in [0.15, 0.2) is 6.29 Å². The van der Waals surface area contributed by atoms with Crippen LogP contribution < -0.4 is 5.32 Å². The summed E-state index contributed by atoms with van der Waals surface area (Å²) in [6.45, 7) is 3.00. The Morgan fingerprint density at radius 1 is 0.936 bits per heavy atom. The minimum atomic E-state index is -0.801. The van der Waals surface area contributed by atoms with Crippen LogP contribution in [0.3, 0.4) is 0 Å². The van der Waals surface area contributed by atoms with Crippen molar-refractivity contribution in [1.82, 2.24) is 10.2 Å². The van der Waals surface area contributed by atoms with Gasteiger partial charge in [0.2, 0.25) is 5.91 Å². The predicted molar refractivity (Wildman–Crippen MR) is 179 cm³/mol. The molecule has 0 bridgehead atoms. The van der Waals surface area contributed by atoms with E-state index in [1.54, 1.807) is 7.11 Å². The van der Waals surface area contributed by atoms with Crippen LogP contribution in [0.5, 0.6) is 0 Å². The molecule has 3 N–H and O–H groups in total. The zero-order chi connectivity index (χ0) is 33.0. The number of benzene rings is 3. The van der Waals surface area contributed by atoms with Crippen LogP contribution in [0.4, 0.5) is 0 Å². The molecule has 3 aromatic carbocycles. The number of likely N-dealkylation sites (tertiary alicyclic amines) is 1. The molecule has 9 nitrogen and oxygen atoms in total. The number of aliphatic hydroxyl groups is 1. The van der Waals surface area contributed by atoms with Gasteiger partial charge in [0.25, 0.3) is 0 Å². The lowest BCUT2D eigenvalue weighted by molar-refractivity contribution is -0.253. The average Bonchev–Trinajstić information content (AvgIpc) is 3.53. The van der Waals surface area contributed by atoms with E-state index in [4.69, 9.17) is 19.3 Å². The Morgan fingerprint density at radius 3 is 2.43 bits per heavy atom. The maximum Gasteiger partial charge on any atom is 0.303 e. The smallest absolute Gasteiger partial charge is 0.303 e. The number of ether oxygens (including phenoxy) is 3. The van der Waals surface area contributed by atoms with Crippen LogP contribution in [0, 0.1) is 0 Å². The molecule has 0 saturated carbocycles. The molecule has 4 atom stereocenters. The van der Waals surface area contributed by atoms with Crippen molar-refractivity contribution < 1.29 is 34.0 Å². The van der Waals surface area contributed by atoms with Crippen molar-refractivity contribution >= 4 is 11.9 Å². The lowest BCUT2D eigenvalue weighted by Gasteiger charge is -2.38. The summed E-state index contributed by atoms with van der Waals surface area (Å²) in [7, 11) is 1.76. The standard InChI is InChI=1S/C38H48N2O7/c1-45-26-32-9-7-21-40(32)24-33-22-35(29-15-13-27(25-41)14-16-29)47-38(46-33)30-19-17-28(18-20-30)34-10-6-5-8-31(34)23-39-36(42)11-3-2-4-12-37(43)44/h5-6,8,10,13-20,32-33,35,38,41H,2-4,7,9,11-12,21-26H2,1H3,(H,39,42)(H,43,44)/t32-,33+,35-,38-/m0/s1. The highest BCUT2D eigenvalue weighted by molar-refractivity contribution is 5.76. The number of amides is 1. The summed E-state index contributed by atoms with van der Waals surface area (Å²) in [5.41, 5.74) is 5.99. The Labute approximate surface area is 277 Å². The van der Waals surface area contributed by atoms with Gasteiger partial charge >= 0.3 is 5.97 Å². The van der Waals surface area contributed by atoms with Gasteiger partial charge in [-0.25, -0.2) is 0 Å². The van der Waals surface area contributed by atoms with Crippen LogP contribution in [0.1, 0.15) is 86.0 Å². The SMILES string of the molecule is COC[C@@H]1CCCN1C[C@H]1C[C@@H](c2ccc(CO)cc2)O[C@@H](c2ccc(-c3ccccc3CNC(=O)CCCCCC(=O)O)cc2)O1. The molecule has 0 spiro atoms. The number of unbranched alkanes of at least 4 members (excludes halogenated alkanes) is 2. The third-order valence-corrected chi connectivity index (χ3v) is 9.19. The molecule has 47 heavy (non-hydrogen) atoms. The molecule has 0 aliphatic carbocycles. The number of carbonyl (C=O) groups excluding carboxylic acids is 1. The highest BCUT2D eigenvalue weighted by atomic mass is 16.7. The molecule has 0 unspecified atom stereocenters. The van der Waals surface area contributed by atoms with Crippen LogP contribution in [0.15, 0.2) is 72.8 Å². The molecule has 252 valence electrons. The van der Waals surface area contributed by atoms with Crippen molar-refractivity contribution in [2.24, 2.45) is 0 Å². The molecule has 5 rings (SSSR count). The number of nitrogens with one attached hydrogen (secondary N) is 1. The number of hydrogen-bond acceptors (Lipinski definition) is 7. The van der Waals surface area contributed by atoms with Gasteiger partial charge in [0, 0.05) is 51.1 Å². The maximum atomic E-state index is 12.5. The summed E-state index contributed by atoms with van der Waals surface area (Å²) < 4.78 is 18.7. The van der Waals surface area contributed by atoms with Crippen molar-refractivity contribution in [1.29, 1.82) is 0 Å². The normalized spacial score (nSPS) is 21.5. The number of carboxylic acids is 1. The van der Waals surface area contributed by atoms with E-state index in [0.717, 1.165) is 78.8 Å². The molecule has 1 amide bonds. The molecule has 2 aliphatic rings. The molecular formula is C38H48N2O7. The molecule has 9 heteroatoms. The van der Waals surface area contributed by atoms with E-state index in [9.17, 15) is 14.7 Å². The van der Waals surface area contributed by atoms with Crippen molar-refractivity contribution in [3.63, 3.8) is 0 Å². The topological polar surface area (TPSA) is 118 Å². The van der Waals surface area contributed by atoms with Gasteiger partial charge in [-0.15, -0.1) is 0 Å². The van der Waals surface area contributed by atoms with Gasteiger partial charge < -0.3 is 29.7 Å². The first-order valence-corrected chi connectivity index (χ1v) is 16.8. The van der Waals surface area contributed by atoms with Crippen LogP contribution in [-0.2, 0) is 37.0 Å². The fourth-order valence-corrected chi connectivity index (χ4v) is 6.61. The average molecular weight is 645 g/mol. The van der Waals surface area contributed by atoms with E-state index >= 15 is 0 Å². The van der Waals surface area contributed by atoms with Crippen LogP contribution in [0.2, 0.25) is 0 Å². The first kappa shape index (κ1) is 34.7. The Bertz CT molecular complexity index is 1430. The van der Waals surface area contributed by atoms with Gasteiger partial charge in [-0.1, -0.05) is 79.2 Å². The fourth-order valence-electron chi connectivity index (χ4n) is 6.61. The summed E-state index contributed by atoms with van der Waals surface area (Å²) in [5, 5.41) is 21.3. The molecule has 2 heterocycles. The van der Waals surface area contributed by atoms with Crippen molar-refractivity contribution in [3.8, 4) is 11.1 Å². The molecule has 3 aromatic rings. The van der Waals surface area contributed by atoms with E-state index in [1.165, 1.54) is 0 Å². The quantitative estimate of drug-likeness (QED) is 0.159. The van der Waals surface area contributed by atoms with E-state index in [0.29, 0.717) is 31.8 Å². The van der Waals surface area contributed by atoms with Gasteiger partial charge in [0.05, 0.1) is 25.4 Å². The number of hydrogen-bond donors (Lipinski definition) is 3. The Morgan fingerprint density at radius 2 is 1.68 bits per heavy atom. The molecule has 2 fully saturated rings. The lowest BCUT2D eigenvalue weighted by Crippen LogP contribution is -2.42. The summed E-state index contributed by atoms with van der Waals surface area (Å²) in [4.78, 5) is 25.6. The highest BCUT2D eigenvalue weighted by Gasteiger charge is 2.35. The monoisotopic (exact) mass is 644 g/mol. The van der Waals surface area contributed by atoms with E-state index in [1.807, 2.05) is 42.5 Å². The van der Waals surface area contributed by atoms with Gasteiger partial charge in [0.1, 0.15) is 0 Å². The number of aliphatic hydroxyl groups excluding tert-OH is 1. The Hall–Kier alpha value is -3.60. The highest BCUT2D eigenvalue weighted by Crippen LogP contribution is 2.39. The fraction of sp³-hybridized carbons (Fsp3) is 0.474. The van der Waals surface area contributed by atoms with Crippen LogP contribution >= 0.6 is 0 Å². The van der Waals surface area contributed by atoms with Crippen LogP contribution in [0.25, 0.3) is 11.1 Å². The summed E-state index contributed by atoms with van der Waals surface area (Å²) in [6, 6.07) is 24.7. The van der Waals surface area contributed by atoms with Crippen molar-refractivity contribution in [2.75, 3.05) is 26.8 Å². The summed E-state index contributed by atoms with van der Waals surface area (Å²) in [5.74, 6) is -0.833. The Balaban J connectivity index is 1.26. The summed E-state index contributed by atoms with van der Waals surface area (Å²) in [6.07, 6.45) is 4.86. The second-order valence-corrected chi connectivity index (χ2v) is 12.6. The van der Waals surface area contributed by atoms with Gasteiger partial charge in [-0.05, 0) is 60.0 Å². The molecule has 2 saturated heterocycles. The molecule has 0 aromatic heterocycles. The zero-order valence-electron chi connectivity index (χ0n) is 27.3. The van der Waals surface area contributed by atoms with Crippen LogP contribution in [-0.4, -0.2) is 65.9 Å². The van der Waals surface area contributed by atoms with E-state index < -0.39 is 12.3 Å². The van der Waals surface area contributed by atoms with E-state index in [2.05, 4.69) is 40.5 Å². The number of aliphatic carboxylic acids is 1. The van der Waals surface area contributed by atoms with E-state index in [-0.39, 0.29) is 31.1 Å². The first-order valence-electron chi connectivity index (χ1n) is 16.8. The van der Waals surface area contributed by atoms with Crippen molar-refractivity contribution in [2.45, 2.75) is 89.1 Å². The molecule has 2 aliphatic heterocycles. The largest absolute Gasteiger partial charge is 0.481 e. The molecule has 0 radical (unpaired) electrons. The minimum absolute atomic E-state index is 0.00798. The lowest BCUT2D eigenvalue weighted by atomic mass is 9.97. The number of methoxy groups -OCH3 is 1. The predicted octanol–water partition coefficient (Wildman–Crippen LogP) is 6.15. The number of rotatable bonds is 16. The van der Waals surface area contributed by atoms with Gasteiger partial charge in [-0.3, -0.25) is 14.5 Å². The number of carbonyl (C=O) groups is 2. The first-order chi connectivity index (χ1) is 22.9.